The molecule has 20 heavy (non-hydrogen) atoms. The molecule has 0 atom stereocenters. The Kier molecular flexibility index (Phi) is 11.3. The average molecular weight is 288 g/mol. The highest BCUT2D eigenvalue weighted by molar-refractivity contribution is 5.86. The van der Waals surface area contributed by atoms with Gasteiger partial charge in [-0.3, -0.25) is 9.59 Å². The standard InChI is InChI=1S/2C6H8O4/c1-4(6(9)10)2-3-5(7)8;1-2-6(9)10-4-3-5(7)8/h1-3H2,(H,7,8)(H,9,10);2H,1,3-4H2,(H,7,8). The summed E-state index contributed by atoms with van der Waals surface area (Å²) in [4.78, 5) is 40.0. The van der Waals surface area contributed by atoms with Gasteiger partial charge in [-0.1, -0.05) is 13.2 Å². The van der Waals surface area contributed by atoms with Gasteiger partial charge in [0, 0.05) is 18.1 Å². The maximum absolute atomic E-state index is 10.3. The van der Waals surface area contributed by atoms with Crippen LogP contribution in [0.5, 0.6) is 0 Å². The molecular weight excluding hydrogens is 272 g/mol. The van der Waals surface area contributed by atoms with Gasteiger partial charge >= 0.3 is 23.9 Å². The maximum Gasteiger partial charge on any atom is 0.330 e. The van der Waals surface area contributed by atoms with E-state index in [4.69, 9.17) is 15.3 Å². The van der Waals surface area contributed by atoms with E-state index in [1.54, 1.807) is 0 Å². The van der Waals surface area contributed by atoms with Crippen LogP contribution in [0.15, 0.2) is 24.8 Å². The van der Waals surface area contributed by atoms with Crippen LogP contribution in [-0.4, -0.2) is 45.8 Å². The number of carbonyl (C=O) groups excluding carboxylic acids is 1. The van der Waals surface area contributed by atoms with E-state index in [1.165, 1.54) is 0 Å². The molecule has 0 spiro atoms. The third kappa shape index (κ3) is 15.4. The topological polar surface area (TPSA) is 138 Å². The smallest absolute Gasteiger partial charge is 0.330 e. The quantitative estimate of drug-likeness (QED) is 0.438. The molecule has 0 heterocycles. The molecule has 0 aromatic heterocycles. The summed E-state index contributed by atoms with van der Waals surface area (Å²) in [6.45, 7) is 6.20. The van der Waals surface area contributed by atoms with Gasteiger partial charge in [-0.15, -0.1) is 0 Å². The molecule has 3 N–H and O–H groups in total. The van der Waals surface area contributed by atoms with Crippen molar-refractivity contribution in [1.82, 2.24) is 0 Å². The number of carboxylic acid groups (broad SMARTS) is 3. The Morgan fingerprint density at radius 3 is 1.80 bits per heavy atom. The van der Waals surface area contributed by atoms with E-state index >= 15 is 0 Å². The number of carboxylic acids is 3. The van der Waals surface area contributed by atoms with Gasteiger partial charge in [0.1, 0.15) is 6.61 Å². The first-order chi connectivity index (χ1) is 9.20. The summed E-state index contributed by atoms with van der Waals surface area (Å²) in [5.74, 6) is -3.73. The van der Waals surface area contributed by atoms with Crippen LogP contribution in [0.3, 0.4) is 0 Å². The number of hydrogen-bond donors (Lipinski definition) is 3. The first-order valence-electron chi connectivity index (χ1n) is 5.34. The molecule has 0 aromatic rings. The van der Waals surface area contributed by atoms with Crippen molar-refractivity contribution in [3.8, 4) is 0 Å². The fourth-order valence-corrected chi connectivity index (χ4v) is 0.663. The van der Waals surface area contributed by atoms with E-state index < -0.39 is 23.9 Å². The second-order valence-electron chi connectivity index (χ2n) is 3.32. The van der Waals surface area contributed by atoms with Crippen molar-refractivity contribution in [2.75, 3.05) is 6.61 Å². The minimum absolute atomic E-state index is 0.00463. The zero-order chi connectivity index (χ0) is 16.1. The van der Waals surface area contributed by atoms with Gasteiger partial charge in [-0.2, -0.15) is 0 Å². The van der Waals surface area contributed by atoms with Gasteiger partial charge < -0.3 is 20.1 Å². The molecule has 0 aromatic carbocycles. The van der Waals surface area contributed by atoms with Crippen molar-refractivity contribution in [3.63, 3.8) is 0 Å². The molecule has 0 saturated heterocycles. The number of ether oxygens (including phenoxy) is 1. The summed E-state index contributed by atoms with van der Waals surface area (Å²) < 4.78 is 4.36. The Morgan fingerprint density at radius 2 is 1.45 bits per heavy atom. The summed E-state index contributed by atoms with van der Waals surface area (Å²) in [6, 6.07) is 0. The first-order valence-corrected chi connectivity index (χ1v) is 5.34. The van der Waals surface area contributed by atoms with Crippen molar-refractivity contribution in [1.29, 1.82) is 0 Å². The summed E-state index contributed by atoms with van der Waals surface area (Å²) in [5, 5.41) is 24.4. The van der Waals surface area contributed by atoms with Crippen molar-refractivity contribution >= 4 is 23.9 Å². The third-order valence-electron chi connectivity index (χ3n) is 1.67. The lowest BCUT2D eigenvalue weighted by Crippen LogP contribution is -2.06. The van der Waals surface area contributed by atoms with Crippen LogP contribution in [0.1, 0.15) is 19.3 Å². The maximum atomic E-state index is 10.3. The second-order valence-corrected chi connectivity index (χ2v) is 3.32. The number of carbonyl (C=O) groups is 4. The Labute approximate surface area is 115 Å². The highest BCUT2D eigenvalue weighted by Crippen LogP contribution is 2.01. The van der Waals surface area contributed by atoms with Crippen LogP contribution in [0.2, 0.25) is 0 Å². The van der Waals surface area contributed by atoms with E-state index in [0.717, 1.165) is 6.08 Å². The molecule has 0 unspecified atom stereocenters. The van der Waals surface area contributed by atoms with Crippen molar-refractivity contribution in [3.05, 3.63) is 24.8 Å². The Morgan fingerprint density at radius 1 is 0.950 bits per heavy atom. The van der Waals surface area contributed by atoms with Crippen LogP contribution >= 0.6 is 0 Å². The first kappa shape index (κ1) is 19.7. The van der Waals surface area contributed by atoms with Crippen LogP contribution in [-0.2, 0) is 23.9 Å². The highest BCUT2D eigenvalue weighted by atomic mass is 16.5. The molecule has 8 heteroatoms. The second kappa shape index (κ2) is 11.5. The van der Waals surface area contributed by atoms with Gasteiger partial charge in [0.15, 0.2) is 0 Å². The molecule has 0 radical (unpaired) electrons. The van der Waals surface area contributed by atoms with E-state index in [9.17, 15) is 19.2 Å². The lowest BCUT2D eigenvalue weighted by molar-refractivity contribution is -0.143. The average Bonchev–Trinajstić information content (AvgIpc) is 2.35. The Hall–Kier alpha value is -2.64. The summed E-state index contributed by atoms with van der Waals surface area (Å²) in [5.41, 5.74) is -0.0672. The van der Waals surface area contributed by atoms with Crippen LogP contribution < -0.4 is 0 Å². The highest BCUT2D eigenvalue weighted by Gasteiger charge is 2.05. The summed E-state index contributed by atoms with van der Waals surface area (Å²) in [6.07, 6.45) is 0.650. The van der Waals surface area contributed by atoms with Crippen molar-refractivity contribution < 1.29 is 39.2 Å². The normalized spacial score (nSPS) is 8.60. The Bertz CT molecular complexity index is 394. The predicted molar refractivity (Wildman–Crippen MR) is 67.1 cm³/mol. The number of esters is 1. The van der Waals surface area contributed by atoms with Crippen LogP contribution in [0.4, 0.5) is 0 Å². The molecule has 112 valence electrons. The monoisotopic (exact) mass is 288 g/mol. The SMILES string of the molecule is C=C(CCC(=O)O)C(=O)O.C=CC(=O)OCCC(=O)O. The molecule has 0 rings (SSSR count). The minimum atomic E-state index is -1.14. The van der Waals surface area contributed by atoms with Gasteiger partial charge in [-0.05, 0) is 6.42 Å². The Balaban J connectivity index is 0. The van der Waals surface area contributed by atoms with Crippen molar-refractivity contribution in [2.45, 2.75) is 19.3 Å². The fourth-order valence-electron chi connectivity index (χ4n) is 0.663. The summed E-state index contributed by atoms with van der Waals surface area (Å²) >= 11 is 0. The van der Waals surface area contributed by atoms with Gasteiger partial charge in [0.25, 0.3) is 0 Å². The fraction of sp³-hybridized carbons (Fsp3) is 0.333. The van der Waals surface area contributed by atoms with Crippen molar-refractivity contribution in [2.24, 2.45) is 0 Å². The molecule has 0 aliphatic carbocycles. The lowest BCUT2D eigenvalue weighted by Gasteiger charge is -1.96. The summed E-state index contributed by atoms with van der Waals surface area (Å²) in [7, 11) is 0. The van der Waals surface area contributed by atoms with Gasteiger partial charge in [0.05, 0.1) is 6.42 Å². The van der Waals surface area contributed by atoms with Crippen LogP contribution in [0, 0.1) is 0 Å². The minimum Gasteiger partial charge on any atom is -0.481 e. The van der Waals surface area contributed by atoms with Gasteiger partial charge in [0.2, 0.25) is 0 Å². The zero-order valence-corrected chi connectivity index (χ0v) is 10.7. The largest absolute Gasteiger partial charge is 0.481 e. The molecular formula is C12H16O8. The number of aliphatic carboxylic acids is 3. The molecule has 0 aliphatic heterocycles. The molecule has 0 fully saturated rings. The molecule has 0 aliphatic rings. The number of rotatable bonds is 8. The predicted octanol–water partition coefficient (Wildman–Crippen LogP) is 0.682. The molecule has 0 saturated carbocycles. The molecule has 0 bridgehead atoms. The van der Waals surface area contributed by atoms with Crippen LogP contribution in [0.25, 0.3) is 0 Å². The molecule has 0 amide bonds. The van der Waals surface area contributed by atoms with E-state index in [2.05, 4.69) is 17.9 Å². The third-order valence-corrected chi connectivity index (χ3v) is 1.67. The van der Waals surface area contributed by atoms with Gasteiger partial charge in [-0.25, -0.2) is 9.59 Å². The van der Waals surface area contributed by atoms with E-state index in [1.807, 2.05) is 0 Å². The lowest BCUT2D eigenvalue weighted by atomic mass is 10.2. The zero-order valence-electron chi connectivity index (χ0n) is 10.7. The number of hydrogen-bond acceptors (Lipinski definition) is 5. The molecule has 8 nitrogen and oxygen atoms in total. The van der Waals surface area contributed by atoms with E-state index in [-0.39, 0.29) is 31.4 Å². The van der Waals surface area contributed by atoms with E-state index in [0.29, 0.717) is 0 Å².